The van der Waals surface area contributed by atoms with Gasteiger partial charge in [-0.2, -0.15) is 8.78 Å². The van der Waals surface area contributed by atoms with Gasteiger partial charge in [0, 0.05) is 11.8 Å². The molecule has 0 aromatic heterocycles. The van der Waals surface area contributed by atoms with Crippen molar-refractivity contribution in [2.45, 2.75) is 225 Å². The van der Waals surface area contributed by atoms with Gasteiger partial charge in [-0.15, -0.1) is 0 Å². The molecule has 6 aromatic rings. The van der Waals surface area contributed by atoms with Crippen LogP contribution in [0.15, 0.2) is 205 Å². The third-order valence-corrected chi connectivity index (χ3v) is 28.3. The zero-order valence-corrected chi connectivity index (χ0v) is 66.3. The lowest BCUT2D eigenvalue weighted by molar-refractivity contribution is -0.177. The summed E-state index contributed by atoms with van der Waals surface area (Å²) in [6.45, 7) is 17.5. The zero-order valence-electron chi connectivity index (χ0n) is 63.0. The summed E-state index contributed by atoms with van der Waals surface area (Å²) in [6.07, 6.45) is 16.6. The molecule has 0 aliphatic heterocycles. The molecule has 7 saturated carbocycles. The monoisotopic (exact) mass is 1540 g/mol. The van der Waals surface area contributed by atoms with Crippen molar-refractivity contribution in [2.24, 2.45) is 50.7 Å². The molecular weight excluding hydrogens is 1430 g/mol. The lowest BCUT2D eigenvalue weighted by atomic mass is 9.49. The molecule has 0 heterocycles. The van der Waals surface area contributed by atoms with Gasteiger partial charge in [-0.25, -0.2) is 26.0 Å². The second-order valence-corrected chi connectivity index (χ2v) is 37.5. The van der Waals surface area contributed by atoms with Crippen LogP contribution in [-0.2, 0) is 84.9 Å². The Morgan fingerprint density at radius 3 is 1.25 bits per heavy atom. The van der Waals surface area contributed by atoms with Gasteiger partial charge in [0.25, 0.3) is 0 Å². The van der Waals surface area contributed by atoms with E-state index in [0.717, 1.165) is 56.3 Å². The van der Waals surface area contributed by atoms with E-state index in [-0.39, 0.29) is 74.3 Å². The van der Waals surface area contributed by atoms with Gasteiger partial charge in [-0.1, -0.05) is 138 Å². The number of fused-ring (bicyclic) bond motifs is 2. The first-order valence-electron chi connectivity index (χ1n) is 37.0. The highest BCUT2D eigenvalue weighted by Gasteiger charge is 2.64. The number of benzene rings is 6. The molecule has 0 amide bonds. The van der Waals surface area contributed by atoms with Crippen LogP contribution >= 0.6 is 0 Å². The number of ether oxygens (including phenoxy) is 4. The van der Waals surface area contributed by atoms with Crippen LogP contribution < -0.4 is 0 Å². The Kier molecular flexibility index (Phi) is 31.0. The van der Waals surface area contributed by atoms with Crippen molar-refractivity contribution in [3.05, 3.63) is 182 Å². The molecule has 13 rings (SSSR count). The second kappa shape index (κ2) is 38.0. The van der Waals surface area contributed by atoms with Crippen molar-refractivity contribution in [2.75, 3.05) is 25.6 Å². The average Bonchev–Trinajstić information content (AvgIpc) is 1.51. The fourth-order valence-corrected chi connectivity index (χ4v) is 21.0. The summed E-state index contributed by atoms with van der Waals surface area (Å²) in [5, 5.41) is -4.56. The summed E-state index contributed by atoms with van der Waals surface area (Å²) in [5.74, 6) is -0.807. The normalized spacial score (nSPS) is 21.8. The molecule has 0 saturated heterocycles. The maximum absolute atomic E-state index is 13.2. The number of rotatable bonds is 21. The van der Waals surface area contributed by atoms with Gasteiger partial charge in [-0.3, -0.25) is 19.2 Å². The van der Waals surface area contributed by atoms with Crippen molar-refractivity contribution >= 4 is 71.7 Å². The smallest absolute Gasteiger partial charge is 0.367 e. The molecule has 15 nitrogen and oxygen atoms in total. The van der Waals surface area contributed by atoms with E-state index in [1.807, 2.05) is 90.1 Å². The van der Waals surface area contributed by atoms with Crippen LogP contribution in [-0.4, -0.2) is 92.0 Å². The molecule has 0 N–H and O–H groups in total. The minimum Gasteiger partial charge on any atom is -0.748 e. The number of ketones is 1. The van der Waals surface area contributed by atoms with Crippen LogP contribution in [0, 0.1) is 56.6 Å². The topological polar surface area (TPSA) is 237 Å². The van der Waals surface area contributed by atoms with Gasteiger partial charge in [0.15, 0.2) is 52.7 Å². The standard InChI is InChI=1S/C18H14FS.C18H15S.C15H28O2.C13H18F2O5S.C10H16O4S.C10H18O4/c19-15-11-13-18(14-12-15)20(16-7-3-1-4-8-16)17-9-5-2-6-10-17;1-4-10-16(11-5-1)19(17-12-6-2-7-13-17)18-14-8-3-9-15-18;1-5-14(3,4)13(16)17-15(6-2)11-9-7-8-10-12-15;14-13(15,21(17,18)19)7-20-11(16)12-4-8-1-9(5-12)3-10(2-8)6-12;1-9(2)7-3-4-10(9,8(11)5-7)6-15(12,13)14;1-5-10(3,4)9(12)14-7-8(11)13-6-2/h1-14H;1-15H;5-12H2,1-4H3;8-10H,1-7H2,(H,17,18,19);7H,3-6H2,1-2H3,(H,12,13,14);5-7H2,1-4H3/q2*+1;;;;/p-2. The lowest BCUT2D eigenvalue weighted by Crippen LogP contribution is -2.51. The van der Waals surface area contributed by atoms with Gasteiger partial charge in [0.2, 0.25) is 0 Å². The molecule has 0 radical (unpaired) electrons. The SMILES string of the molecule is CC1(C)C2CCC1(CS(=O)(=O)[O-])C(=O)C2.CCC1(OC(=O)C(C)(C)CC)CCCCCC1.CCOC(=O)COC(=O)C(C)(C)CC.Fc1ccc([S+](c2ccccc2)c2ccccc2)cc1.O=C(OCC(F)(F)S(=O)(=O)[O-])C12CC3CC(CC(C3)C1)C2.c1ccc([S+](c2ccccc2)c2ccccc2)cc1. The van der Waals surface area contributed by atoms with E-state index < -0.39 is 66.0 Å². The summed E-state index contributed by atoms with van der Waals surface area (Å²) in [7, 11) is -10.3. The molecule has 6 aromatic carbocycles. The fourth-order valence-electron chi connectivity index (χ4n) is 15.4. The molecule has 6 bridgehead atoms. The van der Waals surface area contributed by atoms with Crippen LogP contribution in [0.25, 0.3) is 0 Å². The van der Waals surface area contributed by atoms with Crippen molar-refractivity contribution in [1.82, 2.24) is 0 Å². The molecule has 22 heteroatoms. The van der Waals surface area contributed by atoms with Crippen molar-refractivity contribution in [3.8, 4) is 0 Å². The highest BCUT2D eigenvalue weighted by Crippen LogP contribution is 2.64. The number of hydrogen-bond acceptors (Lipinski definition) is 15. The maximum Gasteiger partial charge on any atom is 0.367 e. The molecule has 7 aliphatic rings. The van der Waals surface area contributed by atoms with E-state index >= 15 is 0 Å². The molecule has 0 spiro atoms. The summed E-state index contributed by atoms with van der Waals surface area (Å²) < 4.78 is 123. The molecule has 2 unspecified atom stereocenters. The third kappa shape index (κ3) is 23.1. The van der Waals surface area contributed by atoms with Gasteiger partial charge in [0.05, 0.1) is 60.5 Å². The minimum absolute atomic E-state index is 0.0104. The van der Waals surface area contributed by atoms with Crippen LogP contribution in [0.2, 0.25) is 0 Å². The van der Waals surface area contributed by atoms with E-state index in [2.05, 4.69) is 132 Å². The Morgan fingerprint density at radius 1 is 0.538 bits per heavy atom. The number of Topliss-reactive ketones (excluding diaryl/α,β-unsaturated/α-hetero) is 1. The molecule has 106 heavy (non-hydrogen) atoms. The van der Waals surface area contributed by atoms with E-state index in [1.54, 1.807) is 20.8 Å². The Bertz CT molecular complexity index is 3860. The number of halogens is 3. The number of esters is 4. The number of hydrogen-bond donors (Lipinski definition) is 0. The largest absolute Gasteiger partial charge is 0.748 e. The Hall–Kier alpha value is -6.82. The van der Waals surface area contributed by atoms with Crippen LogP contribution in [0.3, 0.4) is 0 Å². The number of carbonyl (C=O) groups excluding carboxylic acids is 5. The van der Waals surface area contributed by atoms with Gasteiger partial charge in [-0.05, 0) is 245 Å². The Morgan fingerprint density at radius 2 is 0.925 bits per heavy atom. The first-order valence-corrected chi connectivity index (χ1v) is 42.5. The van der Waals surface area contributed by atoms with Crippen molar-refractivity contribution in [1.29, 1.82) is 0 Å². The molecule has 7 aliphatic carbocycles. The number of alkyl halides is 2. The maximum atomic E-state index is 13.2. The predicted octanol–water partition coefficient (Wildman–Crippen LogP) is 18.5. The summed E-state index contributed by atoms with van der Waals surface area (Å²) in [6, 6.07) is 59.7. The Balaban J connectivity index is 0.000000179. The van der Waals surface area contributed by atoms with Crippen LogP contribution in [0.4, 0.5) is 13.2 Å². The minimum atomic E-state index is -5.81. The van der Waals surface area contributed by atoms with E-state index in [1.165, 1.54) is 62.3 Å². The van der Waals surface area contributed by atoms with Crippen molar-refractivity contribution < 1.29 is 82.0 Å². The highest BCUT2D eigenvalue weighted by molar-refractivity contribution is 7.97. The van der Waals surface area contributed by atoms with E-state index in [0.29, 0.717) is 62.9 Å². The summed E-state index contributed by atoms with van der Waals surface area (Å²) in [5.41, 5.74) is -3.00. The van der Waals surface area contributed by atoms with Gasteiger partial charge >= 0.3 is 29.1 Å². The van der Waals surface area contributed by atoms with Gasteiger partial charge < -0.3 is 28.1 Å². The summed E-state index contributed by atoms with van der Waals surface area (Å²) >= 11 is 0. The first-order chi connectivity index (χ1) is 50.0. The summed E-state index contributed by atoms with van der Waals surface area (Å²) in [4.78, 5) is 66.2. The van der Waals surface area contributed by atoms with Crippen LogP contribution in [0.5, 0.6) is 0 Å². The molecule has 7 fully saturated rings. The van der Waals surface area contributed by atoms with Crippen LogP contribution in [0.1, 0.15) is 185 Å². The Labute approximate surface area is 632 Å². The number of carbonyl (C=O) groups is 5. The third-order valence-electron chi connectivity index (χ3n) is 22.2. The average molecular weight is 1540 g/mol. The van der Waals surface area contributed by atoms with E-state index in [4.69, 9.17) is 9.47 Å². The molecular formula is C84H107F3O15S4. The lowest BCUT2D eigenvalue weighted by Gasteiger charge is -2.55. The predicted molar refractivity (Wildman–Crippen MR) is 405 cm³/mol. The highest BCUT2D eigenvalue weighted by atomic mass is 32.2. The first kappa shape index (κ1) is 86.4. The molecule has 578 valence electrons. The van der Waals surface area contributed by atoms with E-state index in [9.17, 15) is 63.1 Å². The fraction of sp³-hybridized carbons (Fsp3) is 0.512. The van der Waals surface area contributed by atoms with Crippen molar-refractivity contribution in [3.63, 3.8) is 0 Å². The quantitative estimate of drug-likeness (QED) is 0.0214. The van der Waals surface area contributed by atoms with Gasteiger partial charge in [0.1, 0.15) is 17.2 Å². The zero-order chi connectivity index (χ0) is 77.8. The molecule has 2 atom stereocenters. The second-order valence-electron chi connectivity index (χ2n) is 30.6.